The molecule has 0 atom stereocenters. The van der Waals surface area contributed by atoms with Gasteiger partial charge in [0, 0.05) is 5.02 Å². The number of aryl methyl sites for hydroxylation is 1. The molecule has 0 unspecified atom stereocenters. The van der Waals surface area contributed by atoms with E-state index in [4.69, 9.17) is 11.6 Å². The topological polar surface area (TPSA) is 49.3 Å². The minimum atomic E-state index is -0.192. The molecule has 2 aromatic carbocycles. The average Bonchev–Trinajstić information content (AvgIpc) is 2.34. The number of carbonyl (C=O) groups is 1. The van der Waals surface area contributed by atoms with Crippen LogP contribution in [0.2, 0.25) is 5.02 Å². The maximum Gasteiger partial charge on any atom is 0.228 e. The van der Waals surface area contributed by atoms with Crippen molar-refractivity contribution in [1.29, 1.82) is 0 Å². The summed E-state index contributed by atoms with van der Waals surface area (Å²) >= 11 is 5.82. The number of phenols is 1. The first-order chi connectivity index (χ1) is 9.04. The zero-order valence-electron chi connectivity index (χ0n) is 10.5. The summed E-state index contributed by atoms with van der Waals surface area (Å²) in [6.45, 7) is 1.98. The number of hydrogen-bond donors (Lipinski definition) is 2. The highest BCUT2D eigenvalue weighted by Crippen LogP contribution is 2.26. The number of nitrogens with one attached hydrogen (secondary N) is 1. The van der Waals surface area contributed by atoms with Gasteiger partial charge in [-0.05, 0) is 30.7 Å². The molecule has 0 saturated carbocycles. The van der Waals surface area contributed by atoms with Crippen LogP contribution in [0.25, 0.3) is 0 Å². The summed E-state index contributed by atoms with van der Waals surface area (Å²) in [5.41, 5.74) is 2.36. The second kappa shape index (κ2) is 5.76. The predicted molar refractivity (Wildman–Crippen MR) is 76.6 cm³/mol. The van der Waals surface area contributed by atoms with Gasteiger partial charge in [0.25, 0.3) is 0 Å². The van der Waals surface area contributed by atoms with Crippen LogP contribution in [0.4, 0.5) is 5.69 Å². The van der Waals surface area contributed by atoms with Crippen molar-refractivity contribution in [3.05, 3.63) is 58.6 Å². The Morgan fingerprint density at radius 2 is 2.05 bits per heavy atom. The van der Waals surface area contributed by atoms with Crippen molar-refractivity contribution >= 4 is 23.2 Å². The average molecular weight is 276 g/mol. The van der Waals surface area contributed by atoms with Crippen LogP contribution in [0.1, 0.15) is 11.1 Å². The molecule has 0 heterocycles. The Bertz CT molecular complexity index is 611. The number of amides is 1. The Labute approximate surface area is 116 Å². The fourth-order valence-corrected chi connectivity index (χ4v) is 1.98. The lowest BCUT2D eigenvalue weighted by Gasteiger charge is -2.08. The molecule has 0 bridgehead atoms. The molecule has 19 heavy (non-hydrogen) atoms. The Kier molecular flexibility index (Phi) is 4.07. The van der Waals surface area contributed by atoms with Crippen LogP contribution in [-0.2, 0) is 11.2 Å². The number of anilines is 1. The summed E-state index contributed by atoms with van der Waals surface area (Å²) in [5.74, 6) is -0.190. The molecule has 0 saturated heterocycles. The molecule has 0 radical (unpaired) electrons. The van der Waals surface area contributed by atoms with E-state index >= 15 is 0 Å². The Balaban J connectivity index is 2.07. The van der Waals surface area contributed by atoms with Gasteiger partial charge in [-0.2, -0.15) is 0 Å². The molecular formula is C15H14ClNO2. The van der Waals surface area contributed by atoms with Crippen LogP contribution in [-0.4, -0.2) is 11.0 Å². The lowest BCUT2D eigenvalue weighted by Crippen LogP contribution is -2.14. The van der Waals surface area contributed by atoms with E-state index in [2.05, 4.69) is 5.32 Å². The van der Waals surface area contributed by atoms with E-state index in [0.717, 1.165) is 11.1 Å². The molecule has 0 aliphatic rings. The van der Waals surface area contributed by atoms with E-state index in [9.17, 15) is 9.90 Å². The van der Waals surface area contributed by atoms with Crippen molar-refractivity contribution in [2.75, 3.05) is 5.32 Å². The highest BCUT2D eigenvalue weighted by atomic mass is 35.5. The molecule has 98 valence electrons. The summed E-state index contributed by atoms with van der Waals surface area (Å²) in [6.07, 6.45) is 0.258. The molecule has 1 amide bonds. The third-order valence-corrected chi connectivity index (χ3v) is 2.91. The number of aromatic hydroxyl groups is 1. The molecule has 0 aliphatic carbocycles. The van der Waals surface area contributed by atoms with E-state index in [-0.39, 0.29) is 18.1 Å². The molecule has 3 nitrogen and oxygen atoms in total. The van der Waals surface area contributed by atoms with Crippen LogP contribution in [0.15, 0.2) is 42.5 Å². The predicted octanol–water partition coefficient (Wildman–Crippen LogP) is 3.54. The van der Waals surface area contributed by atoms with Crippen molar-refractivity contribution in [3.63, 3.8) is 0 Å². The third kappa shape index (κ3) is 3.73. The molecule has 0 aliphatic heterocycles. The van der Waals surface area contributed by atoms with Gasteiger partial charge in [0.15, 0.2) is 0 Å². The quantitative estimate of drug-likeness (QED) is 0.842. The van der Waals surface area contributed by atoms with Crippen LogP contribution in [0.5, 0.6) is 5.75 Å². The number of hydrogen-bond acceptors (Lipinski definition) is 2. The Morgan fingerprint density at radius 3 is 2.79 bits per heavy atom. The van der Waals surface area contributed by atoms with Gasteiger partial charge in [-0.25, -0.2) is 0 Å². The van der Waals surface area contributed by atoms with Gasteiger partial charge in [0.1, 0.15) is 5.75 Å². The first kappa shape index (κ1) is 13.4. The SMILES string of the molecule is Cc1cccc(CC(=O)Nc2cc(Cl)ccc2O)c1. The molecule has 2 aromatic rings. The van der Waals surface area contributed by atoms with Crippen molar-refractivity contribution < 1.29 is 9.90 Å². The third-order valence-electron chi connectivity index (χ3n) is 2.68. The summed E-state index contributed by atoms with van der Waals surface area (Å²) < 4.78 is 0. The highest BCUT2D eigenvalue weighted by molar-refractivity contribution is 6.31. The highest BCUT2D eigenvalue weighted by Gasteiger charge is 2.08. The first-order valence-electron chi connectivity index (χ1n) is 5.88. The standard InChI is InChI=1S/C15H14ClNO2/c1-10-3-2-4-11(7-10)8-15(19)17-13-9-12(16)5-6-14(13)18/h2-7,9,18H,8H2,1H3,(H,17,19). The fraction of sp³-hybridized carbons (Fsp3) is 0.133. The lowest BCUT2D eigenvalue weighted by molar-refractivity contribution is -0.115. The largest absolute Gasteiger partial charge is 0.506 e. The molecule has 0 spiro atoms. The van der Waals surface area contributed by atoms with E-state index in [1.165, 1.54) is 12.1 Å². The van der Waals surface area contributed by atoms with Gasteiger partial charge in [-0.1, -0.05) is 41.4 Å². The molecular weight excluding hydrogens is 262 g/mol. The van der Waals surface area contributed by atoms with Crippen LogP contribution in [0.3, 0.4) is 0 Å². The van der Waals surface area contributed by atoms with Gasteiger partial charge in [-0.3, -0.25) is 4.79 Å². The number of rotatable bonds is 3. The Morgan fingerprint density at radius 1 is 1.26 bits per heavy atom. The van der Waals surface area contributed by atoms with Crippen molar-refractivity contribution in [1.82, 2.24) is 0 Å². The number of carbonyl (C=O) groups excluding carboxylic acids is 1. The van der Waals surface area contributed by atoms with E-state index in [1.807, 2.05) is 31.2 Å². The molecule has 2 rings (SSSR count). The van der Waals surface area contributed by atoms with Crippen LogP contribution < -0.4 is 5.32 Å². The monoisotopic (exact) mass is 275 g/mol. The van der Waals surface area contributed by atoms with Gasteiger partial charge in [0.05, 0.1) is 12.1 Å². The zero-order valence-corrected chi connectivity index (χ0v) is 11.2. The van der Waals surface area contributed by atoms with Crippen LogP contribution >= 0.6 is 11.6 Å². The van der Waals surface area contributed by atoms with Gasteiger partial charge in [0.2, 0.25) is 5.91 Å². The molecule has 4 heteroatoms. The van der Waals surface area contributed by atoms with E-state index in [0.29, 0.717) is 10.7 Å². The number of phenolic OH excluding ortho intramolecular Hbond substituents is 1. The molecule has 0 aromatic heterocycles. The van der Waals surface area contributed by atoms with E-state index < -0.39 is 0 Å². The smallest absolute Gasteiger partial charge is 0.228 e. The molecule has 0 fully saturated rings. The lowest BCUT2D eigenvalue weighted by atomic mass is 10.1. The summed E-state index contributed by atoms with van der Waals surface area (Å²) in [4.78, 5) is 11.9. The van der Waals surface area contributed by atoms with Crippen molar-refractivity contribution in [3.8, 4) is 5.75 Å². The number of halogens is 1. The van der Waals surface area contributed by atoms with Crippen LogP contribution in [0, 0.1) is 6.92 Å². The fourth-order valence-electron chi connectivity index (χ4n) is 1.81. The number of benzene rings is 2. The maximum absolute atomic E-state index is 11.9. The normalized spacial score (nSPS) is 10.2. The van der Waals surface area contributed by atoms with Gasteiger partial charge < -0.3 is 10.4 Å². The summed E-state index contributed by atoms with van der Waals surface area (Å²) in [6, 6.07) is 12.3. The maximum atomic E-state index is 11.9. The second-order valence-corrected chi connectivity index (χ2v) is 4.81. The summed E-state index contributed by atoms with van der Waals surface area (Å²) in [7, 11) is 0. The molecule has 2 N–H and O–H groups in total. The van der Waals surface area contributed by atoms with Gasteiger partial charge in [-0.15, -0.1) is 0 Å². The zero-order chi connectivity index (χ0) is 13.8. The Hall–Kier alpha value is -2.00. The second-order valence-electron chi connectivity index (χ2n) is 4.38. The minimum absolute atomic E-state index is 0.00184. The first-order valence-corrected chi connectivity index (χ1v) is 6.26. The van der Waals surface area contributed by atoms with Crippen molar-refractivity contribution in [2.24, 2.45) is 0 Å². The summed E-state index contributed by atoms with van der Waals surface area (Å²) in [5, 5.41) is 12.7. The van der Waals surface area contributed by atoms with Crippen molar-refractivity contribution in [2.45, 2.75) is 13.3 Å². The van der Waals surface area contributed by atoms with Gasteiger partial charge >= 0.3 is 0 Å². The minimum Gasteiger partial charge on any atom is -0.506 e. The van der Waals surface area contributed by atoms with E-state index in [1.54, 1.807) is 6.07 Å².